The van der Waals surface area contributed by atoms with Crippen molar-refractivity contribution in [2.24, 2.45) is 0 Å². The molecule has 8 nitrogen and oxygen atoms in total. The summed E-state index contributed by atoms with van der Waals surface area (Å²) in [6, 6.07) is 0. The lowest BCUT2D eigenvalue weighted by atomic mass is 10.4. The lowest BCUT2D eigenvalue weighted by molar-refractivity contribution is 0.101. The van der Waals surface area contributed by atoms with Crippen LogP contribution in [0.25, 0.3) is 11.2 Å². The van der Waals surface area contributed by atoms with Gasteiger partial charge in [0.2, 0.25) is 5.88 Å². The van der Waals surface area contributed by atoms with Gasteiger partial charge in [0.1, 0.15) is 5.52 Å². The third-order valence-corrected chi connectivity index (χ3v) is 3.57. The van der Waals surface area contributed by atoms with Gasteiger partial charge >= 0.3 is 0 Å². The Labute approximate surface area is 130 Å². The summed E-state index contributed by atoms with van der Waals surface area (Å²) < 4.78 is 7.16. The van der Waals surface area contributed by atoms with Crippen LogP contribution in [-0.4, -0.2) is 37.2 Å². The van der Waals surface area contributed by atoms with Crippen LogP contribution in [0.5, 0.6) is 5.88 Å². The topological polar surface area (TPSA) is 94.8 Å². The van der Waals surface area contributed by atoms with Crippen LogP contribution in [-0.2, 0) is 6.54 Å². The molecule has 0 fully saturated rings. The minimum atomic E-state index is -0.406. The van der Waals surface area contributed by atoms with Gasteiger partial charge in [0.05, 0.1) is 12.8 Å². The molecule has 22 heavy (non-hydrogen) atoms. The van der Waals surface area contributed by atoms with Gasteiger partial charge in [-0.2, -0.15) is 10.1 Å². The van der Waals surface area contributed by atoms with Gasteiger partial charge in [0.15, 0.2) is 16.5 Å². The summed E-state index contributed by atoms with van der Waals surface area (Å²) in [6.45, 7) is 4.83. The van der Waals surface area contributed by atoms with Crippen LogP contribution < -0.4 is 10.1 Å². The van der Waals surface area contributed by atoms with E-state index in [2.05, 4.69) is 25.4 Å². The van der Waals surface area contributed by atoms with Crippen LogP contribution in [0.4, 0.5) is 5.13 Å². The number of fused-ring (bicyclic) bond motifs is 1. The van der Waals surface area contributed by atoms with E-state index < -0.39 is 5.91 Å². The number of carbonyl (C=O) groups is 1. The molecule has 0 atom stereocenters. The summed E-state index contributed by atoms with van der Waals surface area (Å²) in [7, 11) is 0. The van der Waals surface area contributed by atoms with Crippen molar-refractivity contribution < 1.29 is 9.53 Å². The maximum absolute atomic E-state index is 12.4. The fourth-order valence-electron chi connectivity index (χ4n) is 1.94. The highest BCUT2D eigenvalue weighted by Crippen LogP contribution is 2.21. The Morgan fingerprint density at radius 2 is 2.27 bits per heavy atom. The fraction of sp³-hybridized carbons (Fsp3) is 0.308. The van der Waals surface area contributed by atoms with Crippen molar-refractivity contribution in [2.45, 2.75) is 20.4 Å². The Balaban J connectivity index is 2.02. The number of aryl methyl sites for hydroxylation is 1. The SMILES string of the molecule is CCOc1nc2c(cnn2CC)nc1C(=O)Nc1nccs1. The molecule has 3 aromatic rings. The number of hydrogen-bond acceptors (Lipinski definition) is 7. The highest BCUT2D eigenvalue weighted by molar-refractivity contribution is 7.13. The van der Waals surface area contributed by atoms with Gasteiger partial charge in [0.25, 0.3) is 5.91 Å². The van der Waals surface area contributed by atoms with Crippen molar-refractivity contribution in [3.05, 3.63) is 23.5 Å². The van der Waals surface area contributed by atoms with Crippen LogP contribution >= 0.6 is 11.3 Å². The van der Waals surface area contributed by atoms with Crippen LogP contribution in [0.15, 0.2) is 17.8 Å². The molecule has 9 heteroatoms. The van der Waals surface area contributed by atoms with E-state index in [1.165, 1.54) is 11.3 Å². The second-order valence-electron chi connectivity index (χ2n) is 4.27. The maximum atomic E-state index is 12.4. The number of amides is 1. The second-order valence-corrected chi connectivity index (χ2v) is 5.17. The predicted octanol–water partition coefficient (Wildman–Crippen LogP) is 1.95. The van der Waals surface area contributed by atoms with Crippen molar-refractivity contribution in [1.82, 2.24) is 24.7 Å². The zero-order valence-electron chi connectivity index (χ0n) is 12.1. The first-order valence-electron chi connectivity index (χ1n) is 6.80. The van der Waals surface area contributed by atoms with Crippen molar-refractivity contribution in [3.8, 4) is 5.88 Å². The minimum absolute atomic E-state index is 0.125. The van der Waals surface area contributed by atoms with E-state index in [0.717, 1.165) is 0 Å². The highest BCUT2D eigenvalue weighted by atomic mass is 32.1. The summed E-state index contributed by atoms with van der Waals surface area (Å²) in [4.78, 5) is 25.1. The highest BCUT2D eigenvalue weighted by Gasteiger charge is 2.20. The summed E-state index contributed by atoms with van der Waals surface area (Å²) in [5.41, 5.74) is 1.27. The zero-order chi connectivity index (χ0) is 15.5. The maximum Gasteiger partial charge on any atom is 0.281 e. The summed E-state index contributed by atoms with van der Waals surface area (Å²) in [5, 5.41) is 9.14. The second kappa shape index (κ2) is 6.06. The molecule has 3 heterocycles. The zero-order valence-corrected chi connectivity index (χ0v) is 12.9. The average Bonchev–Trinajstić information content (AvgIpc) is 3.15. The Kier molecular flexibility index (Phi) is 3.96. The van der Waals surface area contributed by atoms with Crippen molar-refractivity contribution >= 4 is 33.5 Å². The number of rotatable bonds is 5. The molecule has 0 aliphatic carbocycles. The van der Waals surface area contributed by atoms with Gasteiger partial charge in [-0.25, -0.2) is 14.6 Å². The number of ether oxygens (including phenoxy) is 1. The lowest BCUT2D eigenvalue weighted by Crippen LogP contribution is -2.16. The van der Waals surface area contributed by atoms with Crippen LogP contribution in [0.1, 0.15) is 24.3 Å². The molecule has 0 aliphatic rings. The van der Waals surface area contributed by atoms with Crippen LogP contribution in [0.2, 0.25) is 0 Å². The fourth-order valence-corrected chi connectivity index (χ4v) is 2.46. The Morgan fingerprint density at radius 1 is 1.41 bits per heavy atom. The van der Waals surface area contributed by atoms with E-state index in [1.54, 1.807) is 22.5 Å². The van der Waals surface area contributed by atoms with E-state index in [0.29, 0.717) is 29.4 Å². The van der Waals surface area contributed by atoms with Crippen LogP contribution in [0.3, 0.4) is 0 Å². The minimum Gasteiger partial charge on any atom is -0.476 e. The molecule has 3 rings (SSSR count). The lowest BCUT2D eigenvalue weighted by Gasteiger charge is -2.08. The molecule has 0 saturated carbocycles. The van der Waals surface area contributed by atoms with Crippen molar-refractivity contribution in [2.75, 3.05) is 11.9 Å². The molecule has 0 aromatic carbocycles. The van der Waals surface area contributed by atoms with Gasteiger partial charge in [-0.05, 0) is 13.8 Å². The Hall–Kier alpha value is -2.55. The molecule has 0 spiro atoms. The summed E-state index contributed by atoms with van der Waals surface area (Å²) in [6.07, 6.45) is 3.20. The van der Waals surface area contributed by atoms with Crippen molar-refractivity contribution in [1.29, 1.82) is 0 Å². The number of aromatic nitrogens is 5. The van der Waals surface area contributed by atoms with Gasteiger partial charge < -0.3 is 4.74 Å². The molecule has 0 aliphatic heterocycles. The van der Waals surface area contributed by atoms with Gasteiger partial charge in [0, 0.05) is 18.1 Å². The smallest absolute Gasteiger partial charge is 0.281 e. The molecular weight excluding hydrogens is 304 g/mol. The van der Waals surface area contributed by atoms with Gasteiger partial charge in [-0.3, -0.25) is 10.1 Å². The standard InChI is InChI=1S/C13H14N6O2S/c1-3-19-10-8(7-15-19)16-9(12(17-10)21-4-2)11(20)18-13-14-5-6-22-13/h5-7H,3-4H2,1-2H3,(H,14,18,20). The largest absolute Gasteiger partial charge is 0.476 e. The van der Waals surface area contributed by atoms with E-state index in [9.17, 15) is 4.79 Å². The first kappa shape index (κ1) is 14.4. The quantitative estimate of drug-likeness (QED) is 0.772. The number of anilines is 1. The molecule has 3 aromatic heterocycles. The van der Waals surface area contributed by atoms with Crippen LogP contribution in [0, 0.1) is 0 Å². The molecule has 1 amide bonds. The number of nitrogens with zero attached hydrogens (tertiary/aromatic N) is 5. The molecule has 114 valence electrons. The monoisotopic (exact) mass is 318 g/mol. The van der Waals surface area contributed by atoms with E-state index in [4.69, 9.17) is 4.74 Å². The summed E-state index contributed by atoms with van der Waals surface area (Å²) in [5.74, 6) is -0.212. The van der Waals surface area contributed by atoms with Gasteiger partial charge in [-0.1, -0.05) is 0 Å². The first-order chi connectivity index (χ1) is 10.7. The number of thiazole rings is 1. The number of hydrogen-bond donors (Lipinski definition) is 1. The van der Waals surface area contributed by atoms with Gasteiger partial charge in [-0.15, -0.1) is 11.3 Å². The predicted molar refractivity (Wildman–Crippen MR) is 82.2 cm³/mol. The molecule has 0 radical (unpaired) electrons. The van der Waals surface area contributed by atoms with E-state index >= 15 is 0 Å². The molecule has 0 unspecified atom stereocenters. The van der Waals surface area contributed by atoms with E-state index in [-0.39, 0.29) is 11.6 Å². The number of nitrogens with one attached hydrogen (secondary N) is 1. The Morgan fingerprint density at radius 3 is 2.95 bits per heavy atom. The molecular formula is C13H14N6O2S. The average molecular weight is 318 g/mol. The Bertz CT molecular complexity index is 798. The number of carbonyl (C=O) groups excluding carboxylic acids is 1. The van der Waals surface area contributed by atoms with E-state index in [1.807, 2.05) is 13.8 Å². The summed E-state index contributed by atoms with van der Waals surface area (Å²) >= 11 is 1.33. The van der Waals surface area contributed by atoms with Crippen molar-refractivity contribution in [3.63, 3.8) is 0 Å². The normalized spacial score (nSPS) is 10.8. The third-order valence-electron chi connectivity index (χ3n) is 2.88. The molecule has 1 N–H and O–H groups in total. The molecule has 0 saturated heterocycles. The third kappa shape index (κ3) is 2.62. The first-order valence-corrected chi connectivity index (χ1v) is 7.68. The molecule has 0 bridgehead atoms.